The first-order valence-electron chi connectivity index (χ1n) is 6.64. The van der Waals surface area contributed by atoms with Gasteiger partial charge in [-0.1, -0.05) is 45.7 Å². The number of aromatic nitrogens is 1. The van der Waals surface area contributed by atoms with Crippen LogP contribution in [0.3, 0.4) is 0 Å². The number of carbonyl (C=O) groups is 1. The Morgan fingerprint density at radius 2 is 1.95 bits per heavy atom. The van der Waals surface area contributed by atoms with Crippen LogP contribution in [0.1, 0.15) is 46.5 Å². The first kappa shape index (κ1) is 18.0. The summed E-state index contributed by atoms with van der Waals surface area (Å²) in [6, 6.07) is 1.29. The largest absolute Gasteiger partial charge is 0.339 e. The molecule has 0 spiro atoms. The van der Waals surface area contributed by atoms with Crippen LogP contribution in [0.15, 0.2) is 12.3 Å². The fourth-order valence-corrected chi connectivity index (χ4v) is 2.66. The molecule has 1 heterocycles. The fourth-order valence-electron chi connectivity index (χ4n) is 1.93. The highest BCUT2D eigenvalue weighted by Gasteiger charge is 2.24. The molecule has 0 fully saturated rings. The number of rotatable bonds is 7. The van der Waals surface area contributed by atoms with Crippen LogP contribution in [0.2, 0.25) is 0 Å². The summed E-state index contributed by atoms with van der Waals surface area (Å²) in [4.78, 5) is 28.7. The molecule has 0 aliphatic carbocycles. The maximum Gasteiger partial charge on any atom is 0.288 e. The molecule has 0 radical (unpaired) electrons. The van der Waals surface area contributed by atoms with Crippen molar-refractivity contribution in [1.82, 2.24) is 9.88 Å². The molecule has 1 amide bonds. The predicted molar refractivity (Wildman–Crippen MR) is 88.0 cm³/mol. The van der Waals surface area contributed by atoms with Gasteiger partial charge < -0.3 is 4.90 Å². The van der Waals surface area contributed by atoms with E-state index in [0.29, 0.717) is 18.8 Å². The van der Waals surface area contributed by atoms with Gasteiger partial charge in [0, 0.05) is 19.2 Å². The third kappa shape index (κ3) is 4.74. The standard InChI is InChI=1S/C13H17Br2N3O3/c1-3-5-17(6-4-2)13(19)10-7-9(18(20)21)8-16-11(10)12(14)15/h7-8,12H,3-6H2,1-2H3. The number of alkyl halides is 2. The van der Waals surface area contributed by atoms with Crippen molar-refractivity contribution in [2.24, 2.45) is 0 Å². The Labute approximate surface area is 140 Å². The quantitative estimate of drug-likeness (QED) is 0.377. The zero-order valence-corrected chi connectivity index (χ0v) is 15.1. The lowest BCUT2D eigenvalue weighted by atomic mass is 10.1. The van der Waals surface area contributed by atoms with Gasteiger partial charge >= 0.3 is 0 Å². The average molecular weight is 423 g/mol. The molecule has 1 rings (SSSR count). The first-order valence-corrected chi connectivity index (χ1v) is 8.47. The van der Waals surface area contributed by atoms with Crippen LogP contribution in [-0.4, -0.2) is 33.8 Å². The minimum absolute atomic E-state index is 0.185. The Hall–Kier alpha value is -1.02. The topological polar surface area (TPSA) is 76.3 Å². The van der Waals surface area contributed by atoms with Gasteiger partial charge in [-0.15, -0.1) is 0 Å². The zero-order chi connectivity index (χ0) is 16.0. The summed E-state index contributed by atoms with van der Waals surface area (Å²) in [6.07, 6.45) is 2.82. The molecular formula is C13H17Br2N3O3. The summed E-state index contributed by atoms with van der Waals surface area (Å²) in [7, 11) is 0. The lowest BCUT2D eigenvalue weighted by Gasteiger charge is -2.22. The van der Waals surface area contributed by atoms with E-state index < -0.39 is 4.92 Å². The second kappa shape index (κ2) is 8.43. The predicted octanol–water partition coefficient (Wildman–Crippen LogP) is 4.04. The van der Waals surface area contributed by atoms with Gasteiger partial charge in [-0.25, -0.2) is 0 Å². The molecule has 0 bridgehead atoms. The monoisotopic (exact) mass is 421 g/mol. The summed E-state index contributed by atoms with van der Waals surface area (Å²) < 4.78 is -0.338. The van der Waals surface area contributed by atoms with E-state index in [1.54, 1.807) is 4.90 Å². The van der Waals surface area contributed by atoms with Crippen LogP contribution in [0.5, 0.6) is 0 Å². The van der Waals surface area contributed by atoms with Gasteiger partial charge in [0.05, 0.1) is 16.2 Å². The number of halogens is 2. The Morgan fingerprint density at radius 3 is 2.38 bits per heavy atom. The Balaban J connectivity index is 3.25. The van der Waals surface area contributed by atoms with Crippen LogP contribution in [0.25, 0.3) is 0 Å². The molecule has 0 aromatic carbocycles. The van der Waals surface area contributed by atoms with E-state index in [0.717, 1.165) is 19.0 Å². The Kier molecular flexibility index (Phi) is 7.24. The van der Waals surface area contributed by atoms with E-state index in [1.165, 1.54) is 6.07 Å². The number of nitrogens with zero attached hydrogens (tertiary/aromatic N) is 3. The molecule has 0 saturated carbocycles. The first-order chi connectivity index (χ1) is 9.92. The van der Waals surface area contributed by atoms with Gasteiger partial charge in [0.2, 0.25) is 0 Å². The molecule has 0 N–H and O–H groups in total. The summed E-state index contributed by atoms with van der Waals surface area (Å²) >= 11 is 6.61. The van der Waals surface area contributed by atoms with E-state index in [-0.39, 0.29) is 20.9 Å². The van der Waals surface area contributed by atoms with Gasteiger partial charge in [0.1, 0.15) is 9.93 Å². The van der Waals surface area contributed by atoms with Crippen molar-refractivity contribution in [1.29, 1.82) is 0 Å². The van der Waals surface area contributed by atoms with Gasteiger partial charge in [-0.05, 0) is 12.8 Å². The number of nitro groups is 1. The van der Waals surface area contributed by atoms with E-state index in [4.69, 9.17) is 0 Å². The molecule has 116 valence electrons. The summed E-state index contributed by atoms with van der Waals surface area (Å²) in [5, 5.41) is 10.9. The number of hydrogen-bond donors (Lipinski definition) is 0. The van der Waals surface area contributed by atoms with Crippen molar-refractivity contribution >= 4 is 43.5 Å². The molecule has 21 heavy (non-hydrogen) atoms. The highest BCUT2D eigenvalue weighted by atomic mass is 79.9. The van der Waals surface area contributed by atoms with Crippen molar-refractivity contribution < 1.29 is 9.72 Å². The van der Waals surface area contributed by atoms with E-state index in [9.17, 15) is 14.9 Å². The van der Waals surface area contributed by atoms with Gasteiger partial charge in [-0.3, -0.25) is 19.9 Å². The summed E-state index contributed by atoms with van der Waals surface area (Å²) in [5.41, 5.74) is 0.517. The second-order valence-corrected chi connectivity index (χ2v) is 7.54. The molecule has 8 heteroatoms. The highest BCUT2D eigenvalue weighted by molar-refractivity contribution is 9.24. The molecule has 0 aliphatic heterocycles. The third-order valence-electron chi connectivity index (χ3n) is 2.83. The molecule has 0 unspecified atom stereocenters. The summed E-state index contributed by atoms with van der Waals surface area (Å²) in [5.74, 6) is -0.228. The van der Waals surface area contributed by atoms with Crippen molar-refractivity contribution in [3.63, 3.8) is 0 Å². The normalized spacial score (nSPS) is 10.7. The SMILES string of the molecule is CCCN(CCC)C(=O)c1cc([N+](=O)[O-])cnc1C(Br)Br. The number of carbonyl (C=O) groups excluding carboxylic acids is 1. The van der Waals surface area contributed by atoms with E-state index in [1.807, 2.05) is 13.8 Å². The fraction of sp³-hybridized carbons (Fsp3) is 0.538. The van der Waals surface area contributed by atoms with Crippen molar-refractivity contribution in [3.8, 4) is 0 Å². The maximum absolute atomic E-state index is 12.6. The van der Waals surface area contributed by atoms with E-state index >= 15 is 0 Å². The number of pyridine rings is 1. The molecule has 0 aliphatic rings. The lowest BCUT2D eigenvalue weighted by Crippen LogP contribution is -2.33. The van der Waals surface area contributed by atoms with Gasteiger partial charge in [0.15, 0.2) is 0 Å². The van der Waals surface area contributed by atoms with Crippen LogP contribution in [-0.2, 0) is 0 Å². The Bertz CT molecular complexity index is 517. The van der Waals surface area contributed by atoms with Crippen molar-refractivity contribution in [2.75, 3.05) is 13.1 Å². The molecule has 0 saturated heterocycles. The van der Waals surface area contributed by atoms with Crippen LogP contribution < -0.4 is 0 Å². The third-order valence-corrected chi connectivity index (χ3v) is 3.69. The second-order valence-electron chi connectivity index (χ2n) is 4.48. The van der Waals surface area contributed by atoms with Crippen molar-refractivity contribution in [2.45, 2.75) is 30.4 Å². The van der Waals surface area contributed by atoms with Crippen LogP contribution >= 0.6 is 31.9 Å². The minimum Gasteiger partial charge on any atom is -0.339 e. The van der Waals surface area contributed by atoms with Crippen molar-refractivity contribution in [3.05, 3.63) is 33.6 Å². The number of hydrogen-bond acceptors (Lipinski definition) is 4. The number of amides is 1. The zero-order valence-electron chi connectivity index (χ0n) is 11.9. The van der Waals surface area contributed by atoms with Gasteiger partial charge in [0.25, 0.3) is 11.6 Å². The summed E-state index contributed by atoms with van der Waals surface area (Å²) in [6.45, 7) is 5.20. The lowest BCUT2D eigenvalue weighted by molar-refractivity contribution is -0.385. The van der Waals surface area contributed by atoms with E-state index in [2.05, 4.69) is 36.8 Å². The molecule has 1 aromatic heterocycles. The highest BCUT2D eigenvalue weighted by Crippen LogP contribution is 2.32. The average Bonchev–Trinajstić information content (AvgIpc) is 2.45. The molecule has 1 aromatic rings. The Morgan fingerprint density at radius 1 is 1.38 bits per heavy atom. The molecule has 0 atom stereocenters. The molecule has 6 nitrogen and oxygen atoms in total. The van der Waals surface area contributed by atoms with Gasteiger partial charge in [-0.2, -0.15) is 0 Å². The van der Waals surface area contributed by atoms with Crippen LogP contribution in [0.4, 0.5) is 5.69 Å². The smallest absolute Gasteiger partial charge is 0.288 e. The van der Waals surface area contributed by atoms with Crippen LogP contribution in [0, 0.1) is 10.1 Å². The minimum atomic E-state index is -0.547. The molecular weight excluding hydrogens is 406 g/mol. The maximum atomic E-state index is 12.6.